The number of benzene rings is 5. The van der Waals surface area contributed by atoms with E-state index in [1.54, 1.807) is 72.8 Å². The Bertz CT molecular complexity index is 3020. The summed E-state index contributed by atoms with van der Waals surface area (Å²) in [6, 6.07) is 37.4. The molecule has 3 aliphatic heterocycles. The zero-order chi connectivity index (χ0) is 63.4. The van der Waals surface area contributed by atoms with E-state index >= 15 is 0 Å². The van der Waals surface area contributed by atoms with Gasteiger partial charge in [-0.1, -0.05) is 115 Å². The van der Waals surface area contributed by atoms with Gasteiger partial charge in [0.25, 0.3) is 0 Å². The molecule has 5 aromatic rings. The number of esters is 1. The zero-order valence-electron chi connectivity index (χ0n) is 44.9. The second-order valence-electron chi connectivity index (χ2n) is 20.6. The third kappa shape index (κ3) is 13.8. The van der Waals surface area contributed by atoms with Gasteiger partial charge in [0.2, 0.25) is 6.29 Å². The first-order valence-corrected chi connectivity index (χ1v) is 26.4. The van der Waals surface area contributed by atoms with Crippen LogP contribution >= 0.6 is 0 Å². The second-order valence-corrected chi connectivity index (χ2v) is 20.6. The van der Waals surface area contributed by atoms with Crippen molar-refractivity contribution < 1.29 is 132 Å². The van der Waals surface area contributed by atoms with Crippen molar-refractivity contribution in [3.05, 3.63) is 173 Å². The molecule has 3 heterocycles. The third-order valence-corrected chi connectivity index (χ3v) is 14.4. The van der Waals surface area contributed by atoms with Crippen LogP contribution in [0.15, 0.2) is 140 Å². The van der Waals surface area contributed by atoms with Crippen LogP contribution in [0.25, 0.3) is 0 Å². The summed E-state index contributed by atoms with van der Waals surface area (Å²) in [6.07, 6.45) is -23.2. The molecule has 8 rings (SSSR count). The van der Waals surface area contributed by atoms with Gasteiger partial charge in [0.15, 0.2) is 24.3 Å². The Morgan fingerprint density at radius 3 is 1.70 bits per heavy atom. The van der Waals surface area contributed by atoms with E-state index in [1.165, 1.54) is 24.3 Å². The highest BCUT2D eigenvalue weighted by Crippen LogP contribution is 2.64. The largest absolute Gasteiger partial charge is 0.462 e. The van der Waals surface area contributed by atoms with E-state index in [-0.39, 0.29) is 35.7 Å². The van der Waals surface area contributed by atoms with Crippen molar-refractivity contribution in [1.82, 2.24) is 0 Å². The molecule has 5 aromatic carbocycles. The average Bonchev–Trinajstić information content (AvgIpc) is 1.11. The molecule has 29 heteroatoms. The van der Waals surface area contributed by atoms with E-state index < -0.39 is 148 Å². The SMILES string of the molecule is O=C(OC[C@@]1(O)CO[C@@H](O[C@H]2[C@H](Oc3ccc(COCCc4ccccc4)cc3)O[C@@H]3COC(c4ccccc4)O[C@H]3[C@@H]2OCc2ccc(CCCC(F)(F)C(F)(F)C(F)(F)C(F)(F)C(F)(F)C(F)(F)C(F)(F)C(F)(F)F)cc2)[C@@H]1O)c1ccccc1. The van der Waals surface area contributed by atoms with Crippen molar-refractivity contribution in [3.8, 4) is 5.75 Å². The van der Waals surface area contributed by atoms with Crippen molar-refractivity contribution >= 4 is 5.97 Å². The number of carbonyl (C=O) groups excluding carboxylic acids is 1. The number of carbonyl (C=O) groups is 1. The monoisotopic (exact) mass is 1260 g/mol. The Morgan fingerprint density at radius 1 is 0.563 bits per heavy atom. The lowest BCUT2D eigenvalue weighted by molar-refractivity contribution is -0.461. The van der Waals surface area contributed by atoms with Crippen molar-refractivity contribution in [1.29, 1.82) is 0 Å². The molecular weight excluding hydrogens is 1210 g/mol. The molecular formula is C58H53F17O12. The van der Waals surface area contributed by atoms with Crippen LogP contribution in [0.3, 0.4) is 0 Å². The van der Waals surface area contributed by atoms with E-state index in [9.17, 15) is 89.6 Å². The van der Waals surface area contributed by atoms with Crippen molar-refractivity contribution in [2.75, 3.05) is 26.4 Å². The number of halogens is 17. The molecule has 0 amide bonds. The van der Waals surface area contributed by atoms with Gasteiger partial charge < -0.3 is 52.8 Å². The molecule has 476 valence electrons. The molecule has 12 nitrogen and oxygen atoms in total. The summed E-state index contributed by atoms with van der Waals surface area (Å²) >= 11 is 0. The van der Waals surface area contributed by atoms with Gasteiger partial charge in [-0.05, 0) is 65.8 Å². The molecule has 3 saturated heterocycles. The van der Waals surface area contributed by atoms with Crippen LogP contribution in [-0.2, 0) is 64.0 Å². The van der Waals surface area contributed by atoms with Gasteiger partial charge in [0.1, 0.15) is 36.8 Å². The van der Waals surface area contributed by atoms with E-state index in [0.717, 1.165) is 23.3 Å². The van der Waals surface area contributed by atoms with Gasteiger partial charge >= 0.3 is 53.6 Å². The van der Waals surface area contributed by atoms with Gasteiger partial charge in [-0.15, -0.1) is 0 Å². The number of ether oxygens (including phenoxy) is 9. The van der Waals surface area contributed by atoms with Crippen LogP contribution < -0.4 is 4.74 Å². The molecule has 0 aliphatic carbocycles. The van der Waals surface area contributed by atoms with Gasteiger partial charge in [-0.2, -0.15) is 74.6 Å². The van der Waals surface area contributed by atoms with Crippen LogP contribution in [0.4, 0.5) is 74.6 Å². The highest BCUT2D eigenvalue weighted by atomic mass is 19.4. The highest BCUT2D eigenvalue weighted by molar-refractivity contribution is 5.89. The number of aliphatic hydroxyl groups is 2. The number of hydrogen-bond donors (Lipinski definition) is 2. The van der Waals surface area contributed by atoms with Crippen molar-refractivity contribution in [3.63, 3.8) is 0 Å². The quantitative estimate of drug-likeness (QED) is 0.0309. The van der Waals surface area contributed by atoms with E-state index in [1.807, 2.05) is 30.3 Å². The molecule has 0 radical (unpaired) electrons. The molecule has 0 aromatic heterocycles. The zero-order valence-corrected chi connectivity index (χ0v) is 44.9. The highest BCUT2D eigenvalue weighted by Gasteiger charge is 2.95. The number of fused-ring (bicyclic) bond motifs is 1. The normalized spacial score (nSPS) is 24.4. The maximum atomic E-state index is 14.8. The number of rotatable bonds is 26. The summed E-state index contributed by atoms with van der Waals surface area (Å²) in [7, 11) is 0. The number of alkyl halides is 17. The van der Waals surface area contributed by atoms with Crippen molar-refractivity contribution in [2.24, 2.45) is 0 Å². The lowest BCUT2D eigenvalue weighted by Crippen LogP contribution is -2.74. The van der Waals surface area contributed by atoms with E-state index in [4.69, 9.17) is 42.6 Å². The standard InChI is InChI=1S/C58H53F17O12/c59-51(60,52(61,62)53(63,64)54(65,66)55(67,68)56(69,70)57(71,72)58(73,74)75)27-10-13-35-18-20-37(21-19-35)30-80-43-42-41(31-81-47(86-42)39-16-8-3-9-17-39)85-48(84-40-24-22-36(23-25-40)29-79-28-26-34-11-4-1-5-12-34)44(43)87-49-45(76)50(78,33-83-49)32-82-46(77)38-14-6-2-7-15-38/h1-9,11-12,14-25,41-45,47-49,76,78H,10,13,26-33H2/t41-,42-,43+,44-,45+,47?,48-,49+,50-/m1/s1. The van der Waals surface area contributed by atoms with Crippen LogP contribution in [0.5, 0.6) is 5.75 Å². The molecule has 0 spiro atoms. The first kappa shape index (κ1) is 66.8. The maximum absolute atomic E-state index is 14.8. The smallest absolute Gasteiger partial charge is 0.460 e. The Balaban J connectivity index is 0.999. The molecule has 3 fully saturated rings. The summed E-state index contributed by atoms with van der Waals surface area (Å²) in [5.41, 5.74) is 0.403. The Hall–Kier alpha value is -6.18. The Kier molecular flexibility index (Phi) is 20.0. The Morgan fingerprint density at radius 2 is 1.09 bits per heavy atom. The fraction of sp³-hybridized carbons (Fsp3) is 0.466. The first-order chi connectivity index (χ1) is 40.7. The van der Waals surface area contributed by atoms with Crippen LogP contribution in [0.2, 0.25) is 0 Å². The van der Waals surface area contributed by atoms with E-state index in [0.29, 0.717) is 18.6 Å². The van der Waals surface area contributed by atoms with Gasteiger partial charge in [-0.3, -0.25) is 0 Å². The predicted molar refractivity (Wildman–Crippen MR) is 266 cm³/mol. The first-order valence-electron chi connectivity index (χ1n) is 26.4. The summed E-state index contributed by atoms with van der Waals surface area (Å²) in [4.78, 5) is 12.8. The summed E-state index contributed by atoms with van der Waals surface area (Å²) in [6.45, 7) is -1.36. The fourth-order valence-electron chi connectivity index (χ4n) is 9.34. The lowest BCUT2D eigenvalue weighted by Gasteiger charge is -2.49. The minimum atomic E-state index is -8.72. The third-order valence-electron chi connectivity index (χ3n) is 14.4. The second kappa shape index (κ2) is 26.1. The van der Waals surface area contributed by atoms with Crippen molar-refractivity contribution in [2.45, 2.75) is 142 Å². The van der Waals surface area contributed by atoms with Crippen LogP contribution in [0.1, 0.15) is 57.3 Å². The minimum absolute atomic E-state index is 0.0751. The summed E-state index contributed by atoms with van der Waals surface area (Å²) in [5, 5.41) is 23.2. The maximum Gasteiger partial charge on any atom is 0.460 e. The number of aliphatic hydroxyl groups excluding tert-OH is 1. The fourth-order valence-corrected chi connectivity index (χ4v) is 9.34. The van der Waals surface area contributed by atoms with Crippen LogP contribution in [-0.4, -0.2) is 139 Å². The van der Waals surface area contributed by atoms with Gasteiger partial charge in [0, 0.05) is 12.0 Å². The van der Waals surface area contributed by atoms with Gasteiger partial charge in [0.05, 0.1) is 38.6 Å². The molecule has 1 unspecified atom stereocenters. The van der Waals surface area contributed by atoms with Gasteiger partial charge in [-0.25, -0.2) is 4.79 Å². The number of aryl methyl sites for hydroxylation is 1. The molecule has 9 atom stereocenters. The molecule has 0 saturated carbocycles. The topological polar surface area (TPSA) is 141 Å². The molecule has 3 aliphatic rings. The van der Waals surface area contributed by atoms with E-state index in [2.05, 4.69) is 0 Å². The lowest BCUT2D eigenvalue weighted by atomic mass is 9.87. The predicted octanol–water partition coefficient (Wildman–Crippen LogP) is 12.3. The minimum Gasteiger partial charge on any atom is -0.462 e. The molecule has 87 heavy (non-hydrogen) atoms. The average molecular weight is 1270 g/mol. The number of hydrogen-bond acceptors (Lipinski definition) is 12. The molecule has 0 bridgehead atoms. The van der Waals surface area contributed by atoms with Crippen LogP contribution in [0, 0.1) is 0 Å². The molecule has 2 N–H and O–H groups in total. The summed E-state index contributed by atoms with van der Waals surface area (Å²) in [5.74, 6) is -57.6. The Labute approximate surface area is 483 Å². The summed E-state index contributed by atoms with van der Waals surface area (Å²) < 4.78 is 291.